The minimum Gasteiger partial charge on any atom is -0.493 e. The molecule has 7 heteroatoms. The first kappa shape index (κ1) is 13.8. The molecule has 1 aromatic heterocycles. The summed E-state index contributed by atoms with van der Waals surface area (Å²) in [6.45, 7) is 2.17. The quantitative estimate of drug-likeness (QED) is 0.912. The highest BCUT2D eigenvalue weighted by Gasteiger charge is 2.22. The molecule has 1 unspecified atom stereocenters. The average molecular weight is 291 g/mol. The zero-order chi connectivity index (χ0) is 14.7. The normalized spacial score (nSPS) is 18.5. The van der Waals surface area contributed by atoms with Crippen LogP contribution in [-0.4, -0.2) is 44.1 Å². The molecule has 0 saturated carbocycles. The Balaban J connectivity index is 1.85. The van der Waals surface area contributed by atoms with E-state index in [-0.39, 0.29) is 6.10 Å². The number of methoxy groups -OCH3 is 2. The molecule has 1 aliphatic heterocycles. The minimum absolute atomic E-state index is 0.170. The average Bonchev–Trinajstić information content (AvgIpc) is 3.05. The second-order valence-corrected chi connectivity index (χ2v) is 4.59. The summed E-state index contributed by atoms with van der Waals surface area (Å²) in [6, 6.07) is 5.45. The van der Waals surface area contributed by atoms with Crippen molar-refractivity contribution in [2.45, 2.75) is 6.10 Å². The molecule has 1 saturated heterocycles. The van der Waals surface area contributed by atoms with E-state index in [9.17, 15) is 0 Å². The molecule has 3 rings (SSSR count). The molecule has 7 nitrogen and oxygen atoms in total. The van der Waals surface area contributed by atoms with Gasteiger partial charge in [-0.2, -0.15) is 4.98 Å². The maximum absolute atomic E-state index is 5.60. The highest BCUT2D eigenvalue weighted by Crippen LogP contribution is 2.32. The van der Waals surface area contributed by atoms with Crippen LogP contribution in [0.1, 0.15) is 11.9 Å². The molecule has 2 aromatic rings. The summed E-state index contributed by atoms with van der Waals surface area (Å²) >= 11 is 0. The van der Waals surface area contributed by atoms with E-state index in [0.717, 1.165) is 12.1 Å². The third-order valence-corrected chi connectivity index (χ3v) is 3.29. The molecule has 0 radical (unpaired) electrons. The number of rotatable bonds is 4. The van der Waals surface area contributed by atoms with Gasteiger partial charge in [0.05, 0.1) is 20.8 Å². The summed E-state index contributed by atoms with van der Waals surface area (Å²) in [5, 5.41) is 7.22. The van der Waals surface area contributed by atoms with Crippen molar-refractivity contribution in [3.63, 3.8) is 0 Å². The van der Waals surface area contributed by atoms with Crippen molar-refractivity contribution in [2.24, 2.45) is 0 Å². The van der Waals surface area contributed by atoms with Gasteiger partial charge >= 0.3 is 0 Å². The third-order valence-electron chi connectivity index (χ3n) is 3.29. The van der Waals surface area contributed by atoms with Gasteiger partial charge in [0.2, 0.25) is 5.82 Å². The number of hydrogen-bond acceptors (Lipinski definition) is 7. The Labute approximate surface area is 122 Å². The Kier molecular flexibility index (Phi) is 4.03. The Morgan fingerprint density at radius 3 is 2.81 bits per heavy atom. The van der Waals surface area contributed by atoms with Gasteiger partial charge in [-0.1, -0.05) is 5.16 Å². The second-order valence-electron chi connectivity index (χ2n) is 4.59. The first-order valence-electron chi connectivity index (χ1n) is 6.70. The lowest BCUT2D eigenvalue weighted by atomic mass is 10.2. The van der Waals surface area contributed by atoms with Crippen LogP contribution < -0.4 is 14.8 Å². The van der Waals surface area contributed by atoms with Gasteiger partial charge in [0.25, 0.3) is 5.89 Å². The second kappa shape index (κ2) is 6.11. The number of hydrogen-bond donors (Lipinski definition) is 1. The van der Waals surface area contributed by atoms with Crippen molar-refractivity contribution in [3.05, 3.63) is 24.0 Å². The summed E-state index contributed by atoms with van der Waals surface area (Å²) < 4.78 is 21.4. The van der Waals surface area contributed by atoms with E-state index in [1.807, 2.05) is 6.07 Å². The number of aromatic nitrogens is 2. The monoisotopic (exact) mass is 291 g/mol. The fraction of sp³-hybridized carbons (Fsp3) is 0.429. The molecule has 0 aliphatic carbocycles. The van der Waals surface area contributed by atoms with Crippen LogP contribution in [-0.2, 0) is 4.74 Å². The standard InChI is InChI=1S/C14H17N3O4/c1-18-10-4-3-9(7-11(10)19-2)14-16-13(17-21-14)12-8-15-5-6-20-12/h3-4,7,12,15H,5-6,8H2,1-2H3. The summed E-state index contributed by atoms with van der Waals surface area (Å²) in [5.41, 5.74) is 0.773. The van der Waals surface area contributed by atoms with Gasteiger partial charge < -0.3 is 24.1 Å². The van der Waals surface area contributed by atoms with E-state index in [1.165, 1.54) is 0 Å². The van der Waals surface area contributed by atoms with Gasteiger partial charge in [0.15, 0.2) is 11.5 Å². The van der Waals surface area contributed by atoms with Crippen molar-refractivity contribution in [1.29, 1.82) is 0 Å². The van der Waals surface area contributed by atoms with Crippen LogP contribution in [0, 0.1) is 0 Å². The topological polar surface area (TPSA) is 78.6 Å². The van der Waals surface area contributed by atoms with Crippen LogP contribution in [0.15, 0.2) is 22.7 Å². The van der Waals surface area contributed by atoms with Gasteiger partial charge in [0.1, 0.15) is 6.10 Å². The van der Waals surface area contributed by atoms with Crippen LogP contribution in [0.4, 0.5) is 0 Å². The van der Waals surface area contributed by atoms with Gasteiger partial charge in [-0.25, -0.2) is 0 Å². The number of benzene rings is 1. The van der Waals surface area contributed by atoms with E-state index >= 15 is 0 Å². The van der Waals surface area contributed by atoms with E-state index in [1.54, 1.807) is 26.4 Å². The lowest BCUT2D eigenvalue weighted by Crippen LogP contribution is -2.33. The van der Waals surface area contributed by atoms with Crippen LogP contribution in [0.25, 0.3) is 11.5 Å². The fourth-order valence-corrected chi connectivity index (χ4v) is 2.18. The van der Waals surface area contributed by atoms with E-state index < -0.39 is 0 Å². The van der Waals surface area contributed by atoms with Crippen molar-refractivity contribution in [2.75, 3.05) is 33.9 Å². The Morgan fingerprint density at radius 2 is 2.10 bits per heavy atom. The third kappa shape index (κ3) is 2.84. The van der Waals surface area contributed by atoms with Gasteiger partial charge in [0, 0.05) is 18.7 Å². The van der Waals surface area contributed by atoms with Crippen molar-refractivity contribution >= 4 is 0 Å². The van der Waals surface area contributed by atoms with Crippen LogP contribution >= 0.6 is 0 Å². The summed E-state index contributed by atoms with van der Waals surface area (Å²) in [4.78, 5) is 4.40. The first-order valence-corrected chi connectivity index (χ1v) is 6.70. The molecule has 1 aliphatic rings. The molecular formula is C14H17N3O4. The SMILES string of the molecule is COc1ccc(-c2nc(C3CNCCO3)no2)cc1OC. The lowest BCUT2D eigenvalue weighted by Gasteiger charge is -2.20. The highest BCUT2D eigenvalue weighted by atomic mass is 16.5. The molecule has 21 heavy (non-hydrogen) atoms. The van der Waals surface area contributed by atoms with Crippen LogP contribution in [0.5, 0.6) is 11.5 Å². The van der Waals surface area contributed by atoms with Gasteiger partial charge in [-0.05, 0) is 18.2 Å². The van der Waals surface area contributed by atoms with Crippen molar-refractivity contribution in [1.82, 2.24) is 15.5 Å². The molecule has 112 valence electrons. The molecule has 1 atom stereocenters. The Bertz CT molecular complexity index is 608. The molecule has 0 bridgehead atoms. The van der Waals surface area contributed by atoms with Crippen LogP contribution in [0.3, 0.4) is 0 Å². The fourth-order valence-electron chi connectivity index (χ4n) is 2.18. The zero-order valence-corrected chi connectivity index (χ0v) is 12.0. The highest BCUT2D eigenvalue weighted by molar-refractivity contribution is 5.59. The number of ether oxygens (including phenoxy) is 3. The zero-order valence-electron chi connectivity index (χ0n) is 12.0. The molecule has 1 N–H and O–H groups in total. The van der Waals surface area contributed by atoms with E-state index in [4.69, 9.17) is 18.7 Å². The molecule has 1 fully saturated rings. The number of nitrogens with one attached hydrogen (secondary N) is 1. The molecular weight excluding hydrogens is 274 g/mol. The summed E-state index contributed by atoms with van der Waals surface area (Å²) in [5.74, 6) is 2.25. The van der Waals surface area contributed by atoms with Gasteiger partial charge in [-0.3, -0.25) is 0 Å². The molecule has 1 aromatic carbocycles. The largest absolute Gasteiger partial charge is 0.493 e. The number of morpholine rings is 1. The predicted octanol–water partition coefficient (Wildman–Crippen LogP) is 1.41. The van der Waals surface area contributed by atoms with Gasteiger partial charge in [-0.15, -0.1) is 0 Å². The summed E-state index contributed by atoms with van der Waals surface area (Å²) in [6.07, 6.45) is -0.170. The van der Waals surface area contributed by atoms with Crippen molar-refractivity contribution in [3.8, 4) is 23.0 Å². The maximum Gasteiger partial charge on any atom is 0.258 e. The van der Waals surface area contributed by atoms with E-state index in [0.29, 0.717) is 36.4 Å². The van der Waals surface area contributed by atoms with E-state index in [2.05, 4.69) is 15.5 Å². The number of nitrogens with zero attached hydrogens (tertiary/aromatic N) is 2. The summed E-state index contributed by atoms with van der Waals surface area (Å²) in [7, 11) is 3.18. The molecule has 0 amide bonds. The Hall–Kier alpha value is -2.12. The molecule has 0 spiro atoms. The molecule has 2 heterocycles. The van der Waals surface area contributed by atoms with Crippen LogP contribution in [0.2, 0.25) is 0 Å². The lowest BCUT2D eigenvalue weighted by molar-refractivity contribution is 0.0208. The van der Waals surface area contributed by atoms with Crippen molar-refractivity contribution < 1.29 is 18.7 Å². The maximum atomic E-state index is 5.60. The first-order chi connectivity index (χ1) is 10.3. The minimum atomic E-state index is -0.170. The Morgan fingerprint density at radius 1 is 1.24 bits per heavy atom. The predicted molar refractivity (Wildman–Crippen MR) is 74.4 cm³/mol. The smallest absolute Gasteiger partial charge is 0.258 e.